The number of aryl methyl sites for hydroxylation is 1. The van der Waals surface area contributed by atoms with Gasteiger partial charge in [0.05, 0.1) is 17.9 Å². The second-order valence-corrected chi connectivity index (χ2v) is 8.74. The van der Waals surface area contributed by atoms with Gasteiger partial charge in [0.1, 0.15) is 18.1 Å². The number of ether oxygens (including phenoxy) is 1. The second kappa shape index (κ2) is 10.5. The Labute approximate surface area is 206 Å². The lowest BCUT2D eigenvalue weighted by molar-refractivity contribution is -0.139. The Morgan fingerprint density at radius 1 is 1.18 bits per heavy atom. The second-order valence-electron chi connectivity index (χ2n) is 7.83. The third-order valence-electron chi connectivity index (χ3n) is 5.57. The zero-order chi connectivity index (χ0) is 24.1. The highest BCUT2D eigenvalue weighted by Gasteiger charge is 2.45. The van der Waals surface area contributed by atoms with Crippen LogP contribution in [0.2, 0.25) is 0 Å². The molecule has 1 aliphatic rings. The molecular formula is C26H24BrN3O4. The normalized spacial score (nSPS) is 17.2. The summed E-state index contributed by atoms with van der Waals surface area (Å²) >= 11 is 3.38. The maximum absolute atomic E-state index is 13.2. The molecular weight excluding hydrogens is 498 g/mol. The van der Waals surface area contributed by atoms with Crippen molar-refractivity contribution in [2.24, 2.45) is 0 Å². The first-order chi connectivity index (χ1) is 16.5. The van der Waals surface area contributed by atoms with Crippen molar-refractivity contribution in [1.82, 2.24) is 14.5 Å². The average Bonchev–Trinajstić information content (AvgIpc) is 3.45. The lowest BCUT2D eigenvalue weighted by atomic mass is 9.95. The van der Waals surface area contributed by atoms with Gasteiger partial charge in [0.15, 0.2) is 0 Å². The summed E-state index contributed by atoms with van der Waals surface area (Å²) in [4.78, 5) is 31.8. The lowest BCUT2D eigenvalue weighted by Crippen LogP contribution is -2.31. The van der Waals surface area contributed by atoms with E-state index < -0.39 is 17.7 Å². The highest BCUT2D eigenvalue weighted by Crippen LogP contribution is 2.40. The fraction of sp³-hybridized carbons (Fsp3) is 0.192. The Balaban J connectivity index is 1.73. The van der Waals surface area contributed by atoms with Gasteiger partial charge in [-0.3, -0.25) is 9.59 Å². The Bertz CT molecular complexity index is 1220. The number of halogens is 1. The number of imidazole rings is 1. The number of carbonyl (C=O) groups is 2. The number of aliphatic hydroxyl groups is 1. The van der Waals surface area contributed by atoms with E-state index in [-0.39, 0.29) is 11.3 Å². The van der Waals surface area contributed by atoms with Crippen LogP contribution in [0.4, 0.5) is 0 Å². The highest BCUT2D eigenvalue weighted by molar-refractivity contribution is 9.10. The minimum absolute atomic E-state index is 0.0656. The van der Waals surface area contributed by atoms with E-state index >= 15 is 0 Å². The van der Waals surface area contributed by atoms with Crippen molar-refractivity contribution in [1.29, 1.82) is 0 Å². The standard InChI is InChI=1S/C26H24BrN3O4/c1-2-15-34-21-6-3-5-19(16-21)23-22(24(31)18-7-9-20(27)10-8-18)25(32)26(33)30(23)13-4-12-29-14-11-28-17-29/h2-3,5-11,14,16-17,23,31H,1,4,12-13,15H2/t23-/m0/s1. The highest BCUT2D eigenvalue weighted by atomic mass is 79.9. The number of hydrogen-bond donors (Lipinski definition) is 1. The Kier molecular flexibility index (Phi) is 7.27. The number of benzene rings is 2. The molecule has 34 heavy (non-hydrogen) atoms. The van der Waals surface area contributed by atoms with Crippen molar-refractivity contribution < 1.29 is 19.4 Å². The molecule has 7 nitrogen and oxygen atoms in total. The molecule has 0 unspecified atom stereocenters. The number of carbonyl (C=O) groups excluding carboxylic acids is 2. The van der Waals surface area contributed by atoms with Gasteiger partial charge >= 0.3 is 0 Å². The summed E-state index contributed by atoms with van der Waals surface area (Å²) in [5, 5.41) is 11.1. The minimum atomic E-state index is -0.737. The molecule has 0 aliphatic carbocycles. The molecule has 0 radical (unpaired) electrons. The summed E-state index contributed by atoms with van der Waals surface area (Å²) in [7, 11) is 0. The zero-order valence-electron chi connectivity index (χ0n) is 18.4. The van der Waals surface area contributed by atoms with Gasteiger partial charge in [-0.2, -0.15) is 0 Å². The molecule has 1 aliphatic heterocycles. The van der Waals surface area contributed by atoms with Crippen LogP contribution in [0, 0.1) is 0 Å². The fourth-order valence-electron chi connectivity index (χ4n) is 3.99. The van der Waals surface area contributed by atoms with Crippen molar-refractivity contribution >= 4 is 33.4 Å². The van der Waals surface area contributed by atoms with E-state index in [0.29, 0.717) is 43.0 Å². The zero-order valence-corrected chi connectivity index (χ0v) is 20.0. The van der Waals surface area contributed by atoms with E-state index in [1.807, 2.05) is 16.8 Å². The van der Waals surface area contributed by atoms with Gasteiger partial charge in [-0.1, -0.05) is 52.9 Å². The van der Waals surface area contributed by atoms with Crippen LogP contribution in [0.15, 0.2) is 90.0 Å². The minimum Gasteiger partial charge on any atom is -0.507 e. The molecule has 0 saturated carbocycles. The summed E-state index contributed by atoms with van der Waals surface area (Å²) in [5.74, 6) is -0.951. The topological polar surface area (TPSA) is 84.7 Å². The molecule has 174 valence electrons. The molecule has 1 amide bonds. The molecule has 2 heterocycles. The van der Waals surface area contributed by atoms with Crippen molar-refractivity contribution in [2.45, 2.75) is 19.0 Å². The fourth-order valence-corrected chi connectivity index (χ4v) is 4.26. The molecule has 0 spiro atoms. The molecule has 0 bridgehead atoms. The first kappa shape index (κ1) is 23.5. The molecule has 2 aromatic carbocycles. The van der Waals surface area contributed by atoms with Crippen LogP contribution in [0.25, 0.3) is 5.76 Å². The van der Waals surface area contributed by atoms with Gasteiger partial charge in [0.2, 0.25) is 0 Å². The molecule has 3 aromatic rings. The first-order valence-electron chi connectivity index (χ1n) is 10.8. The van der Waals surface area contributed by atoms with Crippen molar-refractivity contribution in [2.75, 3.05) is 13.2 Å². The monoisotopic (exact) mass is 521 g/mol. The largest absolute Gasteiger partial charge is 0.507 e. The van der Waals surface area contributed by atoms with Crippen molar-refractivity contribution in [3.63, 3.8) is 0 Å². The maximum Gasteiger partial charge on any atom is 0.295 e. The number of Topliss-reactive ketones (excluding diaryl/α,β-unsaturated/α-hetero) is 1. The van der Waals surface area contributed by atoms with Crippen LogP contribution in [-0.2, 0) is 16.1 Å². The van der Waals surface area contributed by atoms with Crippen LogP contribution < -0.4 is 4.74 Å². The number of rotatable bonds is 9. The average molecular weight is 522 g/mol. The van der Waals surface area contributed by atoms with Gasteiger partial charge in [-0.05, 0) is 36.2 Å². The smallest absolute Gasteiger partial charge is 0.295 e. The summed E-state index contributed by atoms with van der Waals surface area (Å²) in [6.07, 6.45) is 7.51. The molecule has 1 aromatic heterocycles. The van der Waals surface area contributed by atoms with E-state index in [4.69, 9.17) is 4.74 Å². The Morgan fingerprint density at radius 3 is 2.68 bits per heavy atom. The van der Waals surface area contributed by atoms with E-state index in [1.54, 1.807) is 61.1 Å². The molecule has 4 rings (SSSR count). The Hall–Kier alpha value is -3.65. The van der Waals surface area contributed by atoms with Crippen LogP contribution in [0.1, 0.15) is 23.6 Å². The van der Waals surface area contributed by atoms with Gasteiger partial charge < -0.3 is 19.3 Å². The van der Waals surface area contributed by atoms with E-state index in [9.17, 15) is 14.7 Å². The predicted octanol–water partition coefficient (Wildman–Crippen LogP) is 4.72. The molecule has 1 fully saturated rings. The van der Waals surface area contributed by atoms with Gasteiger partial charge in [0, 0.05) is 35.5 Å². The summed E-state index contributed by atoms with van der Waals surface area (Å²) < 4.78 is 8.42. The summed E-state index contributed by atoms with van der Waals surface area (Å²) in [6.45, 7) is 4.97. The Morgan fingerprint density at radius 2 is 1.97 bits per heavy atom. The first-order valence-corrected chi connectivity index (χ1v) is 11.6. The number of nitrogens with zero attached hydrogens (tertiary/aromatic N) is 3. The molecule has 8 heteroatoms. The lowest BCUT2D eigenvalue weighted by Gasteiger charge is -2.25. The quantitative estimate of drug-likeness (QED) is 0.190. The number of aromatic nitrogens is 2. The van der Waals surface area contributed by atoms with E-state index in [0.717, 1.165) is 4.47 Å². The van der Waals surface area contributed by atoms with Gasteiger partial charge in [-0.25, -0.2) is 4.98 Å². The molecule has 1 atom stereocenters. The predicted molar refractivity (Wildman–Crippen MR) is 132 cm³/mol. The summed E-state index contributed by atoms with van der Waals surface area (Å²) in [5.41, 5.74) is 1.21. The SMILES string of the molecule is C=CCOc1cccc([C@H]2C(=C(O)c3ccc(Br)cc3)C(=O)C(=O)N2CCCn2ccnc2)c1. The van der Waals surface area contributed by atoms with Crippen LogP contribution in [0.3, 0.4) is 0 Å². The van der Waals surface area contributed by atoms with Gasteiger partial charge in [0.25, 0.3) is 11.7 Å². The van der Waals surface area contributed by atoms with Crippen molar-refractivity contribution in [3.8, 4) is 5.75 Å². The van der Waals surface area contributed by atoms with E-state index in [1.165, 1.54) is 4.90 Å². The number of ketones is 1. The molecule has 1 N–H and O–H groups in total. The van der Waals surface area contributed by atoms with Crippen molar-refractivity contribution in [3.05, 3.63) is 101 Å². The van der Waals surface area contributed by atoms with Crippen LogP contribution in [0.5, 0.6) is 5.75 Å². The van der Waals surface area contributed by atoms with E-state index in [2.05, 4.69) is 27.5 Å². The number of likely N-dealkylation sites (tertiary alicyclic amines) is 1. The van der Waals surface area contributed by atoms with Gasteiger partial charge in [-0.15, -0.1) is 0 Å². The number of hydrogen-bond acceptors (Lipinski definition) is 5. The van der Waals surface area contributed by atoms with Crippen LogP contribution >= 0.6 is 15.9 Å². The number of amides is 1. The number of aliphatic hydroxyl groups excluding tert-OH is 1. The van der Waals surface area contributed by atoms with Crippen LogP contribution in [-0.4, -0.2) is 44.4 Å². The third-order valence-corrected chi connectivity index (χ3v) is 6.10. The summed E-state index contributed by atoms with van der Waals surface area (Å²) in [6, 6.07) is 13.4. The molecule has 1 saturated heterocycles. The maximum atomic E-state index is 13.2. The third kappa shape index (κ3) is 4.97.